The van der Waals surface area contributed by atoms with Crippen LogP contribution in [0.3, 0.4) is 0 Å². The highest BCUT2D eigenvalue weighted by molar-refractivity contribution is 6.31. The van der Waals surface area contributed by atoms with E-state index >= 15 is 0 Å². The summed E-state index contributed by atoms with van der Waals surface area (Å²) in [7, 11) is 1.79. The van der Waals surface area contributed by atoms with Gasteiger partial charge in [-0.15, -0.1) is 0 Å². The summed E-state index contributed by atoms with van der Waals surface area (Å²) in [6.45, 7) is 0. The van der Waals surface area contributed by atoms with Gasteiger partial charge in [0.1, 0.15) is 5.82 Å². The molecule has 19 heavy (non-hydrogen) atoms. The van der Waals surface area contributed by atoms with Crippen molar-refractivity contribution in [2.24, 2.45) is 0 Å². The summed E-state index contributed by atoms with van der Waals surface area (Å²) in [6, 6.07) is 12.1. The van der Waals surface area contributed by atoms with Gasteiger partial charge in [0.2, 0.25) is 0 Å². The second-order valence-electron chi connectivity index (χ2n) is 4.31. The van der Waals surface area contributed by atoms with E-state index < -0.39 is 0 Å². The first-order valence-corrected chi connectivity index (χ1v) is 6.73. The molecule has 2 aromatic rings. The van der Waals surface area contributed by atoms with Gasteiger partial charge in [-0.1, -0.05) is 41.4 Å². The molecule has 0 aromatic heterocycles. The Morgan fingerprint density at radius 1 is 1.11 bits per heavy atom. The van der Waals surface area contributed by atoms with Crippen LogP contribution in [0.1, 0.15) is 17.2 Å². The Labute approximate surface area is 122 Å². The number of likely N-dealkylation sites (N-methyl/N-ethyl adjacent to an activating group) is 1. The minimum Gasteiger partial charge on any atom is -0.313 e. The van der Waals surface area contributed by atoms with Crippen LogP contribution in [0.4, 0.5) is 4.39 Å². The van der Waals surface area contributed by atoms with Crippen molar-refractivity contribution in [2.75, 3.05) is 7.05 Å². The fourth-order valence-electron chi connectivity index (χ4n) is 2.05. The number of hydrogen-bond acceptors (Lipinski definition) is 1. The molecule has 1 N–H and O–H groups in total. The first kappa shape index (κ1) is 14.3. The van der Waals surface area contributed by atoms with Crippen LogP contribution in [0.2, 0.25) is 10.0 Å². The van der Waals surface area contributed by atoms with E-state index in [0.717, 1.165) is 5.56 Å². The summed E-state index contributed by atoms with van der Waals surface area (Å²) in [4.78, 5) is 0. The molecule has 0 spiro atoms. The highest BCUT2D eigenvalue weighted by Crippen LogP contribution is 2.28. The summed E-state index contributed by atoms with van der Waals surface area (Å²) >= 11 is 11.9. The van der Waals surface area contributed by atoms with Gasteiger partial charge < -0.3 is 5.32 Å². The highest BCUT2D eigenvalue weighted by Gasteiger charge is 2.17. The molecule has 0 heterocycles. The van der Waals surface area contributed by atoms with Crippen LogP contribution in [0.15, 0.2) is 42.5 Å². The maximum atomic E-state index is 13.9. The molecule has 1 atom stereocenters. The van der Waals surface area contributed by atoms with Crippen LogP contribution in [-0.2, 0) is 6.42 Å². The summed E-state index contributed by atoms with van der Waals surface area (Å²) in [6.07, 6.45) is 0.647. The molecule has 0 aliphatic heterocycles. The number of benzene rings is 2. The van der Waals surface area contributed by atoms with E-state index in [9.17, 15) is 4.39 Å². The topological polar surface area (TPSA) is 12.0 Å². The van der Waals surface area contributed by atoms with Crippen molar-refractivity contribution in [1.82, 2.24) is 5.32 Å². The quantitative estimate of drug-likeness (QED) is 0.867. The molecule has 100 valence electrons. The van der Waals surface area contributed by atoms with Gasteiger partial charge in [-0.05, 0) is 43.3 Å². The van der Waals surface area contributed by atoms with Gasteiger partial charge in [0.15, 0.2) is 0 Å². The van der Waals surface area contributed by atoms with Crippen molar-refractivity contribution in [3.05, 3.63) is 69.5 Å². The van der Waals surface area contributed by atoms with Gasteiger partial charge in [-0.25, -0.2) is 4.39 Å². The van der Waals surface area contributed by atoms with Gasteiger partial charge in [-0.3, -0.25) is 0 Å². The standard InChI is InChI=1S/C15H14Cl2FN/c1-19-14(9-10-5-7-11(16)8-6-10)15-12(17)3-2-4-13(15)18/h2-8,14,19H,9H2,1H3. The Kier molecular flexibility index (Phi) is 4.81. The van der Waals surface area contributed by atoms with Crippen molar-refractivity contribution >= 4 is 23.2 Å². The molecule has 0 saturated heterocycles. The summed E-state index contributed by atoms with van der Waals surface area (Å²) < 4.78 is 13.9. The van der Waals surface area contributed by atoms with Crippen LogP contribution in [-0.4, -0.2) is 7.05 Å². The minimum atomic E-state index is -0.291. The molecular weight excluding hydrogens is 284 g/mol. The highest BCUT2D eigenvalue weighted by atomic mass is 35.5. The number of rotatable bonds is 4. The Morgan fingerprint density at radius 3 is 2.37 bits per heavy atom. The predicted molar refractivity (Wildman–Crippen MR) is 78.4 cm³/mol. The van der Waals surface area contributed by atoms with Gasteiger partial charge in [-0.2, -0.15) is 0 Å². The minimum absolute atomic E-state index is 0.171. The molecule has 0 aliphatic rings. The maximum absolute atomic E-state index is 13.9. The average molecular weight is 298 g/mol. The van der Waals surface area contributed by atoms with E-state index in [4.69, 9.17) is 23.2 Å². The monoisotopic (exact) mass is 297 g/mol. The van der Waals surface area contributed by atoms with Gasteiger partial charge >= 0.3 is 0 Å². The fourth-order valence-corrected chi connectivity index (χ4v) is 2.47. The van der Waals surface area contributed by atoms with Crippen LogP contribution in [0.25, 0.3) is 0 Å². The Bertz CT molecular complexity index is 534. The molecule has 0 aliphatic carbocycles. The normalized spacial score (nSPS) is 12.4. The Morgan fingerprint density at radius 2 is 1.79 bits per heavy atom. The Hall–Kier alpha value is -1.09. The third-order valence-electron chi connectivity index (χ3n) is 3.05. The average Bonchev–Trinajstić information content (AvgIpc) is 2.39. The molecule has 0 radical (unpaired) electrons. The van der Waals surface area contributed by atoms with Crippen molar-refractivity contribution in [1.29, 1.82) is 0 Å². The summed E-state index contributed by atoms with van der Waals surface area (Å²) in [5, 5.41) is 4.23. The van der Waals surface area contributed by atoms with Gasteiger partial charge in [0, 0.05) is 21.7 Å². The molecule has 2 rings (SSSR count). The second-order valence-corrected chi connectivity index (χ2v) is 5.15. The van der Waals surface area contributed by atoms with Crippen molar-refractivity contribution in [3.8, 4) is 0 Å². The first-order valence-electron chi connectivity index (χ1n) is 5.97. The molecule has 0 bridgehead atoms. The lowest BCUT2D eigenvalue weighted by atomic mass is 9.98. The smallest absolute Gasteiger partial charge is 0.129 e. The number of hydrogen-bond donors (Lipinski definition) is 1. The second kappa shape index (κ2) is 6.38. The lowest BCUT2D eigenvalue weighted by molar-refractivity contribution is 0.534. The van der Waals surface area contributed by atoms with Gasteiger partial charge in [0.25, 0.3) is 0 Å². The molecule has 0 saturated carbocycles. The lowest BCUT2D eigenvalue weighted by Crippen LogP contribution is -2.20. The fraction of sp³-hybridized carbons (Fsp3) is 0.200. The molecule has 0 amide bonds. The van der Waals surface area contributed by atoms with E-state index in [-0.39, 0.29) is 11.9 Å². The first-order chi connectivity index (χ1) is 9.11. The largest absolute Gasteiger partial charge is 0.313 e. The SMILES string of the molecule is CNC(Cc1ccc(Cl)cc1)c1c(F)cccc1Cl. The van der Waals surface area contributed by atoms with E-state index in [1.54, 1.807) is 19.2 Å². The zero-order valence-corrected chi connectivity index (χ0v) is 12.0. The van der Waals surface area contributed by atoms with Crippen molar-refractivity contribution in [2.45, 2.75) is 12.5 Å². The molecular formula is C15H14Cl2FN. The van der Waals surface area contributed by atoms with Crippen LogP contribution >= 0.6 is 23.2 Å². The zero-order valence-electron chi connectivity index (χ0n) is 10.5. The van der Waals surface area contributed by atoms with Crippen LogP contribution < -0.4 is 5.32 Å². The molecule has 4 heteroatoms. The predicted octanol–water partition coefficient (Wildman–Crippen LogP) is 4.64. The molecule has 0 fully saturated rings. The number of halogens is 3. The molecule has 1 unspecified atom stereocenters. The van der Waals surface area contributed by atoms with E-state index in [1.807, 2.05) is 24.3 Å². The zero-order chi connectivity index (χ0) is 13.8. The van der Waals surface area contributed by atoms with Crippen LogP contribution in [0.5, 0.6) is 0 Å². The molecule has 1 nitrogen and oxygen atoms in total. The Balaban J connectivity index is 2.27. The lowest BCUT2D eigenvalue weighted by Gasteiger charge is -2.19. The third-order valence-corrected chi connectivity index (χ3v) is 3.63. The van der Waals surface area contributed by atoms with E-state index in [0.29, 0.717) is 22.0 Å². The molecule has 2 aromatic carbocycles. The van der Waals surface area contributed by atoms with Crippen LogP contribution in [0, 0.1) is 5.82 Å². The van der Waals surface area contributed by atoms with E-state index in [1.165, 1.54) is 6.07 Å². The third kappa shape index (κ3) is 3.47. The van der Waals surface area contributed by atoms with Gasteiger partial charge in [0.05, 0.1) is 0 Å². The number of nitrogens with one attached hydrogen (secondary N) is 1. The van der Waals surface area contributed by atoms with Crippen molar-refractivity contribution < 1.29 is 4.39 Å². The van der Waals surface area contributed by atoms with E-state index in [2.05, 4.69) is 5.32 Å². The summed E-state index contributed by atoms with van der Waals surface area (Å²) in [5.41, 5.74) is 1.57. The maximum Gasteiger partial charge on any atom is 0.129 e. The van der Waals surface area contributed by atoms with Crippen molar-refractivity contribution in [3.63, 3.8) is 0 Å². The summed E-state index contributed by atoms with van der Waals surface area (Å²) in [5.74, 6) is -0.291.